The molecule has 1 fully saturated rings. The zero-order valence-corrected chi connectivity index (χ0v) is 11.6. The van der Waals surface area contributed by atoms with Crippen LogP contribution in [0.5, 0.6) is 0 Å². The number of thiophene rings is 1. The van der Waals surface area contributed by atoms with Crippen molar-refractivity contribution in [3.63, 3.8) is 0 Å². The minimum absolute atomic E-state index is 0.153. The number of hydrogen-bond acceptors (Lipinski definition) is 3. The Bertz CT molecular complexity index is 386. The van der Waals surface area contributed by atoms with Crippen molar-refractivity contribution in [2.75, 3.05) is 18.8 Å². The number of carbonyl (C=O) groups is 1. The molecule has 92 valence electrons. The highest BCUT2D eigenvalue weighted by Crippen LogP contribution is 2.36. The molecule has 2 rings (SSSR count). The maximum absolute atomic E-state index is 11.8. The highest BCUT2D eigenvalue weighted by Gasteiger charge is 2.21. The summed E-state index contributed by atoms with van der Waals surface area (Å²) < 4.78 is 0. The first kappa shape index (κ1) is 12.7. The van der Waals surface area contributed by atoms with E-state index in [1.165, 1.54) is 4.88 Å². The van der Waals surface area contributed by atoms with E-state index >= 15 is 0 Å². The van der Waals surface area contributed by atoms with Crippen molar-refractivity contribution < 1.29 is 4.79 Å². The van der Waals surface area contributed by atoms with E-state index in [0.717, 1.165) is 25.3 Å². The molecule has 0 N–H and O–H groups in total. The summed E-state index contributed by atoms with van der Waals surface area (Å²) in [6, 6.07) is 4.31. The highest BCUT2D eigenvalue weighted by molar-refractivity contribution is 7.99. The van der Waals surface area contributed by atoms with Crippen LogP contribution in [0.15, 0.2) is 29.7 Å². The molecular formula is C13H17NOS2. The maximum Gasteiger partial charge on any atom is 0.246 e. The van der Waals surface area contributed by atoms with E-state index in [0.29, 0.717) is 5.25 Å². The van der Waals surface area contributed by atoms with Gasteiger partial charge in [0.1, 0.15) is 0 Å². The van der Waals surface area contributed by atoms with Crippen LogP contribution in [0.25, 0.3) is 0 Å². The molecular weight excluding hydrogens is 250 g/mol. The number of hydrogen-bond donors (Lipinski definition) is 0. The van der Waals surface area contributed by atoms with E-state index in [1.807, 2.05) is 41.0 Å². The van der Waals surface area contributed by atoms with Gasteiger partial charge in [0, 0.05) is 29.0 Å². The number of rotatable bonds is 2. The van der Waals surface area contributed by atoms with Crippen LogP contribution in [0.4, 0.5) is 0 Å². The molecule has 0 aliphatic carbocycles. The molecule has 2 heterocycles. The van der Waals surface area contributed by atoms with E-state index < -0.39 is 0 Å². The van der Waals surface area contributed by atoms with Crippen LogP contribution >= 0.6 is 23.1 Å². The lowest BCUT2D eigenvalue weighted by Crippen LogP contribution is -2.31. The molecule has 2 nitrogen and oxygen atoms in total. The van der Waals surface area contributed by atoms with Crippen LogP contribution in [-0.2, 0) is 4.79 Å². The summed E-state index contributed by atoms with van der Waals surface area (Å²) in [7, 11) is 0. The highest BCUT2D eigenvalue weighted by atomic mass is 32.2. The summed E-state index contributed by atoms with van der Waals surface area (Å²) in [6.45, 7) is 3.63. The predicted octanol–water partition coefficient (Wildman–Crippen LogP) is 3.33. The Morgan fingerprint density at radius 2 is 2.41 bits per heavy atom. The lowest BCUT2D eigenvalue weighted by molar-refractivity contribution is -0.125. The standard InChI is InChI=1S/C13H17NOS2/c1-2-4-13(15)14-7-6-12(17-10-8-14)11-5-3-9-16-11/h2-5,9,12H,6-8,10H2,1H3/b4-2+. The molecule has 1 aromatic rings. The third-order valence-corrected chi connectivity index (χ3v) is 5.27. The number of thioether (sulfide) groups is 1. The lowest BCUT2D eigenvalue weighted by Gasteiger charge is -2.18. The fourth-order valence-electron chi connectivity index (χ4n) is 1.94. The van der Waals surface area contributed by atoms with E-state index in [4.69, 9.17) is 0 Å². The van der Waals surface area contributed by atoms with Crippen LogP contribution in [-0.4, -0.2) is 29.6 Å². The molecule has 0 bridgehead atoms. The second kappa shape index (κ2) is 6.26. The predicted molar refractivity (Wildman–Crippen MR) is 75.5 cm³/mol. The largest absolute Gasteiger partial charge is 0.338 e. The van der Waals surface area contributed by atoms with Gasteiger partial charge in [0.15, 0.2) is 0 Å². The van der Waals surface area contributed by atoms with Gasteiger partial charge < -0.3 is 4.90 Å². The molecule has 0 aromatic carbocycles. The molecule has 0 spiro atoms. The SMILES string of the molecule is C/C=C/C(=O)N1CCSC(c2cccs2)CC1. The molecule has 17 heavy (non-hydrogen) atoms. The van der Waals surface area contributed by atoms with E-state index in [-0.39, 0.29) is 5.91 Å². The van der Waals surface area contributed by atoms with Crippen molar-refractivity contribution in [2.24, 2.45) is 0 Å². The van der Waals surface area contributed by atoms with Crippen molar-refractivity contribution in [1.82, 2.24) is 4.90 Å². The van der Waals surface area contributed by atoms with Gasteiger partial charge in [0.25, 0.3) is 0 Å². The van der Waals surface area contributed by atoms with Gasteiger partial charge in [-0.1, -0.05) is 12.1 Å². The van der Waals surface area contributed by atoms with Gasteiger partial charge in [0.2, 0.25) is 5.91 Å². The lowest BCUT2D eigenvalue weighted by atomic mass is 10.2. The number of allylic oxidation sites excluding steroid dienone is 1. The Morgan fingerprint density at radius 1 is 1.53 bits per heavy atom. The van der Waals surface area contributed by atoms with Gasteiger partial charge in [-0.2, -0.15) is 11.8 Å². The van der Waals surface area contributed by atoms with Crippen molar-refractivity contribution in [1.29, 1.82) is 0 Å². The summed E-state index contributed by atoms with van der Waals surface area (Å²) in [4.78, 5) is 15.2. The summed E-state index contributed by atoms with van der Waals surface area (Å²) in [6.07, 6.45) is 4.54. The Labute approximate surface area is 111 Å². The average Bonchev–Trinajstić information content (AvgIpc) is 2.74. The number of amides is 1. The van der Waals surface area contributed by atoms with Crippen molar-refractivity contribution in [2.45, 2.75) is 18.6 Å². The first-order valence-corrected chi connectivity index (χ1v) is 7.80. The van der Waals surface area contributed by atoms with Gasteiger partial charge >= 0.3 is 0 Å². The normalized spacial score (nSPS) is 21.7. The van der Waals surface area contributed by atoms with E-state index in [1.54, 1.807) is 6.08 Å². The molecule has 1 atom stereocenters. The Morgan fingerprint density at radius 3 is 3.12 bits per heavy atom. The van der Waals surface area contributed by atoms with Crippen LogP contribution in [0.1, 0.15) is 23.5 Å². The second-order valence-corrected chi connectivity index (χ2v) is 6.28. The topological polar surface area (TPSA) is 20.3 Å². The Kier molecular flexibility index (Phi) is 4.68. The average molecular weight is 267 g/mol. The summed E-state index contributed by atoms with van der Waals surface area (Å²) in [5.41, 5.74) is 0. The zero-order valence-electron chi connectivity index (χ0n) is 9.96. The third kappa shape index (κ3) is 3.36. The van der Waals surface area contributed by atoms with E-state index in [9.17, 15) is 4.79 Å². The first-order valence-electron chi connectivity index (χ1n) is 5.88. The summed E-state index contributed by atoms with van der Waals surface area (Å²) in [5.74, 6) is 1.19. The van der Waals surface area contributed by atoms with Crippen LogP contribution in [0, 0.1) is 0 Å². The molecule has 0 radical (unpaired) electrons. The maximum atomic E-state index is 11.8. The molecule has 4 heteroatoms. The summed E-state index contributed by atoms with van der Waals surface area (Å²) in [5, 5.41) is 2.70. The van der Waals surface area contributed by atoms with Gasteiger partial charge in [-0.25, -0.2) is 0 Å². The van der Waals surface area contributed by atoms with Crippen molar-refractivity contribution >= 4 is 29.0 Å². The summed E-state index contributed by atoms with van der Waals surface area (Å²) >= 11 is 3.79. The fraction of sp³-hybridized carbons (Fsp3) is 0.462. The van der Waals surface area contributed by atoms with Gasteiger partial charge in [0.05, 0.1) is 0 Å². The molecule has 0 saturated carbocycles. The number of nitrogens with zero attached hydrogens (tertiary/aromatic N) is 1. The van der Waals surface area contributed by atoms with Crippen molar-refractivity contribution in [3.05, 3.63) is 34.5 Å². The Hall–Kier alpha value is -0.740. The third-order valence-electron chi connectivity index (χ3n) is 2.82. The fourth-order valence-corrected chi connectivity index (χ4v) is 4.18. The van der Waals surface area contributed by atoms with Gasteiger partial charge in [-0.05, 0) is 30.9 Å². The van der Waals surface area contributed by atoms with Crippen molar-refractivity contribution in [3.8, 4) is 0 Å². The van der Waals surface area contributed by atoms with Gasteiger partial charge in [-0.3, -0.25) is 4.79 Å². The molecule has 1 saturated heterocycles. The zero-order chi connectivity index (χ0) is 12.1. The molecule has 1 aliphatic rings. The van der Waals surface area contributed by atoms with E-state index in [2.05, 4.69) is 17.5 Å². The number of carbonyl (C=O) groups excluding carboxylic acids is 1. The molecule has 1 amide bonds. The smallest absolute Gasteiger partial charge is 0.246 e. The van der Waals surface area contributed by atoms with Crippen LogP contribution in [0.2, 0.25) is 0 Å². The molecule has 1 aliphatic heterocycles. The first-order chi connectivity index (χ1) is 8.31. The minimum atomic E-state index is 0.153. The Balaban J connectivity index is 1.96. The molecule has 1 aromatic heterocycles. The molecule has 1 unspecified atom stereocenters. The van der Waals surface area contributed by atoms with Crippen LogP contribution < -0.4 is 0 Å². The quantitative estimate of drug-likeness (QED) is 0.766. The second-order valence-electron chi connectivity index (χ2n) is 3.99. The van der Waals surface area contributed by atoms with Gasteiger partial charge in [-0.15, -0.1) is 11.3 Å². The van der Waals surface area contributed by atoms with Crippen LogP contribution in [0.3, 0.4) is 0 Å². The minimum Gasteiger partial charge on any atom is -0.338 e. The monoisotopic (exact) mass is 267 g/mol.